The summed E-state index contributed by atoms with van der Waals surface area (Å²) in [5, 5.41) is 4.02. The number of ketones is 1. The summed E-state index contributed by atoms with van der Waals surface area (Å²) in [7, 11) is -2.94. The maximum absolute atomic E-state index is 11.3. The largest absolute Gasteiger partial charge is 0.293 e. The first kappa shape index (κ1) is 10.4. The van der Waals surface area contributed by atoms with Crippen LogP contribution in [-0.2, 0) is 9.84 Å². The molecule has 0 aliphatic carbocycles. The summed E-state index contributed by atoms with van der Waals surface area (Å²) < 4.78 is 24.1. The maximum atomic E-state index is 11.3. The minimum absolute atomic E-state index is 0.0863. The molecule has 5 nitrogen and oxygen atoms in total. The van der Waals surface area contributed by atoms with E-state index in [4.69, 9.17) is 0 Å². The Morgan fingerprint density at radius 2 is 2.33 bits per heavy atom. The van der Waals surface area contributed by atoms with Crippen molar-refractivity contribution in [3.05, 3.63) is 18.0 Å². The average Bonchev–Trinajstić information content (AvgIpc) is 2.69. The molecule has 6 heteroatoms. The number of Topliss-reactive ketones (excluding diaryl/α,β-unsaturated/α-hetero) is 1. The maximum Gasteiger partial charge on any atom is 0.177 e. The zero-order chi connectivity index (χ0) is 11.1. The lowest BCUT2D eigenvalue weighted by atomic mass is 10.2. The van der Waals surface area contributed by atoms with E-state index < -0.39 is 9.84 Å². The molecular weight excluding hydrogens is 216 g/mol. The highest BCUT2D eigenvalue weighted by atomic mass is 32.2. The van der Waals surface area contributed by atoms with E-state index in [0.717, 1.165) is 0 Å². The molecule has 0 amide bonds. The molecule has 2 rings (SSSR count). The normalized spacial score (nSPS) is 24.2. The monoisotopic (exact) mass is 228 g/mol. The number of hydrogen-bond acceptors (Lipinski definition) is 4. The van der Waals surface area contributed by atoms with Crippen LogP contribution in [0.1, 0.15) is 29.9 Å². The van der Waals surface area contributed by atoms with Gasteiger partial charge in [-0.3, -0.25) is 9.48 Å². The van der Waals surface area contributed by atoms with Crippen LogP contribution in [0.3, 0.4) is 0 Å². The molecule has 0 N–H and O–H groups in total. The lowest BCUT2D eigenvalue weighted by Crippen LogP contribution is -2.16. The van der Waals surface area contributed by atoms with E-state index in [1.807, 2.05) is 0 Å². The number of aromatic nitrogens is 2. The Bertz CT molecular complexity index is 489. The fourth-order valence-corrected chi connectivity index (χ4v) is 3.54. The van der Waals surface area contributed by atoms with Gasteiger partial charge in [-0.05, 0) is 12.5 Å². The Morgan fingerprint density at radius 3 is 2.87 bits per heavy atom. The predicted octanol–water partition coefficient (Wildman–Crippen LogP) is 0.445. The topological polar surface area (TPSA) is 69.0 Å². The molecule has 1 aliphatic rings. The van der Waals surface area contributed by atoms with Crippen molar-refractivity contribution in [1.29, 1.82) is 0 Å². The molecular formula is C9H12N2O3S. The second-order valence-electron chi connectivity index (χ2n) is 3.77. The third kappa shape index (κ3) is 1.94. The Labute approximate surface area is 88.0 Å². The summed E-state index contributed by atoms with van der Waals surface area (Å²) in [4.78, 5) is 11.2. The molecule has 0 bridgehead atoms. The molecule has 1 saturated heterocycles. The van der Waals surface area contributed by atoms with E-state index in [1.54, 1.807) is 6.07 Å². The fourth-order valence-electron chi connectivity index (χ4n) is 1.85. The van der Waals surface area contributed by atoms with E-state index >= 15 is 0 Å². The number of hydrogen-bond donors (Lipinski definition) is 0. The zero-order valence-corrected chi connectivity index (χ0v) is 9.20. The Balaban J connectivity index is 2.32. The van der Waals surface area contributed by atoms with E-state index in [9.17, 15) is 13.2 Å². The third-order valence-corrected chi connectivity index (χ3v) is 4.34. The van der Waals surface area contributed by atoms with Crippen molar-refractivity contribution in [2.45, 2.75) is 19.4 Å². The molecule has 1 aliphatic heterocycles. The Morgan fingerprint density at radius 1 is 1.60 bits per heavy atom. The predicted molar refractivity (Wildman–Crippen MR) is 54.5 cm³/mol. The standard InChI is InChI=1S/C9H12N2O3S/c1-7(12)9-2-4-10-11(9)8-3-5-15(13,14)6-8/h2,4,8H,3,5-6H2,1H3. The van der Waals surface area contributed by atoms with E-state index in [0.29, 0.717) is 12.1 Å². The highest BCUT2D eigenvalue weighted by molar-refractivity contribution is 7.91. The van der Waals surface area contributed by atoms with Gasteiger partial charge in [-0.25, -0.2) is 8.42 Å². The van der Waals surface area contributed by atoms with Crippen LogP contribution in [-0.4, -0.2) is 35.5 Å². The molecule has 0 aromatic carbocycles. The first-order chi connectivity index (χ1) is 6.99. The van der Waals surface area contributed by atoms with Crippen LogP contribution in [0.4, 0.5) is 0 Å². The number of carbonyl (C=O) groups excluding carboxylic acids is 1. The summed E-state index contributed by atoms with van der Waals surface area (Å²) in [6.45, 7) is 1.46. The van der Waals surface area contributed by atoms with Gasteiger partial charge in [-0.1, -0.05) is 0 Å². The van der Waals surface area contributed by atoms with Crippen LogP contribution >= 0.6 is 0 Å². The second-order valence-corrected chi connectivity index (χ2v) is 6.00. The third-order valence-electron chi connectivity index (χ3n) is 2.59. The van der Waals surface area contributed by atoms with Crippen LogP contribution < -0.4 is 0 Å². The fraction of sp³-hybridized carbons (Fsp3) is 0.556. The van der Waals surface area contributed by atoms with Crippen LogP contribution in [0.25, 0.3) is 0 Å². The molecule has 0 spiro atoms. The van der Waals surface area contributed by atoms with Gasteiger partial charge >= 0.3 is 0 Å². The lowest BCUT2D eigenvalue weighted by Gasteiger charge is -2.10. The molecule has 0 saturated carbocycles. The molecule has 15 heavy (non-hydrogen) atoms. The van der Waals surface area contributed by atoms with Gasteiger partial charge in [0, 0.05) is 13.1 Å². The van der Waals surface area contributed by atoms with Gasteiger partial charge in [-0.2, -0.15) is 5.10 Å². The molecule has 82 valence electrons. The minimum Gasteiger partial charge on any atom is -0.293 e. The van der Waals surface area contributed by atoms with Gasteiger partial charge in [0.15, 0.2) is 15.6 Å². The van der Waals surface area contributed by atoms with E-state index in [1.165, 1.54) is 17.8 Å². The molecule has 1 atom stereocenters. The summed E-state index contributed by atoms with van der Waals surface area (Å²) in [5.41, 5.74) is 0.483. The smallest absolute Gasteiger partial charge is 0.177 e. The molecule has 1 unspecified atom stereocenters. The van der Waals surface area contributed by atoms with E-state index in [-0.39, 0.29) is 23.3 Å². The summed E-state index contributed by atoms with van der Waals surface area (Å²) in [5.74, 6) is 0.195. The van der Waals surface area contributed by atoms with Crippen molar-refractivity contribution in [1.82, 2.24) is 9.78 Å². The average molecular weight is 228 g/mol. The number of nitrogens with zero attached hydrogens (tertiary/aromatic N) is 2. The van der Waals surface area contributed by atoms with Crippen LogP contribution in [0.5, 0.6) is 0 Å². The SMILES string of the molecule is CC(=O)c1ccnn1C1CCS(=O)(=O)C1. The van der Waals surface area contributed by atoms with Gasteiger partial charge < -0.3 is 0 Å². The first-order valence-corrected chi connectivity index (χ1v) is 6.56. The Kier molecular flexibility index (Phi) is 2.38. The minimum atomic E-state index is -2.94. The number of rotatable bonds is 2. The summed E-state index contributed by atoms with van der Waals surface area (Å²) in [6, 6.07) is 1.44. The van der Waals surface area contributed by atoms with Crippen LogP contribution in [0.2, 0.25) is 0 Å². The van der Waals surface area contributed by atoms with Crippen molar-refractivity contribution >= 4 is 15.6 Å². The molecule has 2 heterocycles. The van der Waals surface area contributed by atoms with Crippen molar-refractivity contribution < 1.29 is 13.2 Å². The lowest BCUT2D eigenvalue weighted by molar-refractivity contribution is 0.100. The highest BCUT2D eigenvalue weighted by Crippen LogP contribution is 2.24. The molecule has 1 aromatic rings. The van der Waals surface area contributed by atoms with E-state index in [2.05, 4.69) is 5.10 Å². The van der Waals surface area contributed by atoms with Crippen LogP contribution in [0, 0.1) is 0 Å². The van der Waals surface area contributed by atoms with Crippen molar-refractivity contribution in [2.75, 3.05) is 11.5 Å². The van der Waals surface area contributed by atoms with Gasteiger partial charge in [0.2, 0.25) is 0 Å². The number of sulfone groups is 1. The summed E-state index contributed by atoms with van der Waals surface area (Å²) >= 11 is 0. The summed E-state index contributed by atoms with van der Waals surface area (Å²) in [6.07, 6.45) is 2.08. The van der Waals surface area contributed by atoms with Crippen LogP contribution in [0.15, 0.2) is 12.3 Å². The van der Waals surface area contributed by atoms with Gasteiger partial charge in [0.05, 0.1) is 17.5 Å². The second kappa shape index (κ2) is 3.44. The highest BCUT2D eigenvalue weighted by Gasteiger charge is 2.31. The first-order valence-electron chi connectivity index (χ1n) is 4.74. The van der Waals surface area contributed by atoms with Crippen molar-refractivity contribution in [2.24, 2.45) is 0 Å². The molecule has 1 fully saturated rings. The van der Waals surface area contributed by atoms with Gasteiger partial charge in [-0.15, -0.1) is 0 Å². The zero-order valence-electron chi connectivity index (χ0n) is 8.38. The molecule has 0 radical (unpaired) electrons. The van der Waals surface area contributed by atoms with Gasteiger partial charge in [0.25, 0.3) is 0 Å². The van der Waals surface area contributed by atoms with Crippen molar-refractivity contribution in [3.63, 3.8) is 0 Å². The number of carbonyl (C=O) groups is 1. The van der Waals surface area contributed by atoms with Crippen molar-refractivity contribution in [3.8, 4) is 0 Å². The Hall–Kier alpha value is -1.17. The quantitative estimate of drug-likeness (QED) is 0.689. The van der Waals surface area contributed by atoms with Gasteiger partial charge in [0.1, 0.15) is 5.69 Å². The molecule has 1 aromatic heterocycles.